The van der Waals surface area contributed by atoms with E-state index < -0.39 is 11.9 Å². The van der Waals surface area contributed by atoms with E-state index in [1.807, 2.05) is 0 Å². The molecule has 0 aromatic carbocycles. The molecule has 1 unspecified atom stereocenters. The number of fused-ring (bicyclic) bond motifs is 7. The van der Waals surface area contributed by atoms with Gasteiger partial charge in [0.15, 0.2) is 11.6 Å². The lowest BCUT2D eigenvalue weighted by molar-refractivity contribution is -0.272. The second-order valence-electron chi connectivity index (χ2n) is 12.9. The van der Waals surface area contributed by atoms with E-state index in [9.17, 15) is 14.7 Å². The topological polar surface area (TPSA) is 72.8 Å². The average molecular weight is 445 g/mol. The van der Waals surface area contributed by atoms with Crippen molar-refractivity contribution >= 4 is 11.6 Å². The van der Waals surface area contributed by atoms with Crippen LogP contribution < -0.4 is 0 Å². The van der Waals surface area contributed by atoms with E-state index in [0.717, 1.165) is 38.7 Å². The fourth-order valence-electron chi connectivity index (χ4n) is 9.78. The highest BCUT2D eigenvalue weighted by Crippen LogP contribution is 2.70. The molecular formula is C27H40O5. The summed E-state index contributed by atoms with van der Waals surface area (Å²) in [5.74, 6) is 2.35. The Balaban J connectivity index is 1.31. The van der Waals surface area contributed by atoms with Crippen molar-refractivity contribution in [3.8, 4) is 0 Å². The molecule has 2 aliphatic heterocycles. The summed E-state index contributed by atoms with van der Waals surface area (Å²) in [7, 11) is 0. The van der Waals surface area contributed by atoms with Crippen LogP contribution in [0.25, 0.3) is 0 Å². The van der Waals surface area contributed by atoms with Crippen LogP contribution in [0.1, 0.15) is 79.1 Å². The van der Waals surface area contributed by atoms with Crippen LogP contribution in [-0.4, -0.2) is 41.3 Å². The van der Waals surface area contributed by atoms with E-state index in [0.29, 0.717) is 48.7 Å². The van der Waals surface area contributed by atoms with Gasteiger partial charge in [-0.15, -0.1) is 0 Å². The zero-order valence-corrected chi connectivity index (χ0v) is 20.1. The molecule has 32 heavy (non-hydrogen) atoms. The lowest BCUT2D eigenvalue weighted by atomic mass is 9.44. The standard InChI is InChI=1S/C27H40O5/c1-14-7-8-27(31-13-14)15(2)24-22(32-27)10-19-17-6-5-16-9-20(28)21(29)12-25(16,3)18(17)11-23(30)26(19,24)4/h14-20,22,24,28H,5-13H2,1-4H3/t14?,15-,16-,17+,18-,19-,20-,22-,24-,25-,26+,27+/m0/s1. The van der Waals surface area contributed by atoms with E-state index >= 15 is 0 Å². The van der Waals surface area contributed by atoms with Crippen LogP contribution in [0.5, 0.6) is 0 Å². The maximum atomic E-state index is 14.0. The third kappa shape index (κ3) is 2.62. The number of ether oxygens (including phenoxy) is 2. The number of carbonyl (C=O) groups is 2. The Labute approximate surface area is 192 Å². The Morgan fingerprint density at radius 1 is 1.03 bits per heavy atom. The molecule has 1 spiro atoms. The molecule has 12 atom stereocenters. The molecule has 5 heteroatoms. The van der Waals surface area contributed by atoms with Gasteiger partial charge in [-0.1, -0.05) is 27.7 Å². The van der Waals surface area contributed by atoms with Crippen molar-refractivity contribution in [2.45, 2.75) is 97.1 Å². The fraction of sp³-hybridized carbons (Fsp3) is 0.926. The molecular weight excluding hydrogens is 404 g/mol. The maximum Gasteiger partial charge on any atom is 0.171 e. The van der Waals surface area contributed by atoms with Crippen molar-refractivity contribution in [1.82, 2.24) is 0 Å². The van der Waals surface area contributed by atoms with Gasteiger partial charge in [-0.05, 0) is 67.1 Å². The second-order valence-corrected chi connectivity index (χ2v) is 12.9. The van der Waals surface area contributed by atoms with Crippen LogP contribution in [0, 0.1) is 52.3 Å². The van der Waals surface area contributed by atoms with E-state index in [1.54, 1.807) is 0 Å². The first-order chi connectivity index (χ1) is 15.1. The van der Waals surface area contributed by atoms with E-state index in [1.165, 1.54) is 0 Å². The Kier molecular flexibility index (Phi) is 4.68. The van der Waals surface area contributed by atoms with Gasteiger partial charge >= 0.3 is 0 Å². The third-order valence-electron chi connectivity index (χ3n) is 11.6. The molecule has 0 bridgehead atoms. The van der Waals surface area contributed by atoms with Gasteiger partial charge in [0, 0.05) is 36.5 Å². The Bertz CT molecular complexity index is 830. The van der Waals surface area contributed by atoms with Gasteiger partial charge in [0.05, 0.1) is 12.7 Å². The monoisotopic (exact) mass is 444 g/mol. The molecule has 2 heterocycles. The number of ketones is 2. The summed E-state index contributed by atoms with van der Waals surface area (Å²) in [5.41, 5.74) is -0.493. The van der Waals surface area contributed by atoms with Crippen LogP contribution in [0.2, 0.25) is 0 Å². The summed E-state index contributed by atoms with van der Waals surface area (Å²) in [6.45, 7) is 9.75. The first kappa shape index (κ1) is 21.7. The highest BCUT2D eigenvalue weighted by molar-refractivity contribution is 5.88. The van der Waals surface area contributed by atoms with Gasteiger partial charge in [0.25, 0.3) is 0 Å². The smallest absolute Gasteiger partial charge is 0.171 e. The quantitative estimate of drug-likeness (QED) is 0.608. The van der Waals surface area contributed by atoms with Crippen LogP contribution in [0.3, 0.4) is 0 Å². The van der Waals surface area contributed by atoms with Gasteiger partial charge < -0.3 is 14.6 Å². The summed E-state index contributed by atoms with van der Waals surface area (Å²) in [6.07, 6.45) is 6.12. The molecule has 0 radical (unpaired) electrons. The van der Waals surface area contributed by atoms with Crippen LogP contribution in [-0.2, 0) is 19.1 Å². The molecule has 2 saturated heterocycles. The molecule has 6 aliphatic rings. The fourth-order valence-corrected chi connectivity index (χ4v) is 9.78. The number of rotatable bonds is 0. The minimum Gasteiger partial charge on any atom is -0.385 e. The number of carbonyl (C=O) groups excluding carboxylic acids is 2. The molecule has 0 amide bonds. The number of aliphatic hydroxyl groups excluding tert-OH is 1. The number of aliphatic hydroxyl groups is 1. The van der Waals surface area contributed by atoms with Crippen molar-refractivity contribution in [3.63, 3.8) is 0 Å². The molecule has 0 aromatic rings. The zero-order valence-electron chi connectivity index (χ0n) is 20.1. The lowest BCUT2D eigenvalue weighted by Crippen LogP contribution is -2.59. The average Bonchev–Trinajstić information content (AvgIpc) is 3.19. The van der Waals surface area contributed by atoms with Crippen LogP contribution >= 0.6 is 0 Å². The van der Waals surface area contributed by atoms with Crippen LogP contribution in [0.15, 0.2) is 0 Å². The maximum absolute atomic E-state index is 14.0. The molecule has 1 N–H and O–H groups in total. The molecule has 0 aromatic heterocycles. The Morgan fingerprint density at radius 2 is 1.81 bits per heavy atom. The molecule has 5 nitrogen and oxygen atoms in total. The summed E-state index contributed by atoms with van der Waals surface area (Å²) in [6, 6.07) is 0. The predicted octanol–water partition coefficient (Wildman–Crippen LogP) is 4.15. The zero-order chi connectivity index (χ0) is 22.6. The van der Waals surface area contributed by atoms with Gasteiger partial charge in [0.2, 0.25) is 0 Å². The molecule has 4 saturated carbocycles. The predicted molar refractivity (Wildman–Crippen MR) is 119 cm³/mol. The molecule has 6 rings (SSSR count). The highest BCUT2D eigenvalue weighted by atomic mass is 16.7. The normalized spacial score (nSPS) is 59.5. The second kappa shape index (κ2) is 6.88. The summed E-state index contributed by atoms with van der Waals surface area (Å²) >= 11 is 0. The first-order valence-corrected chi connectivity index (χ1v) is 13.2. The SMILES string of the molecule is CC1CC[C@@]2(OC1)O[C@H]1C[C@H]3[C@@H]4CC[C@H]5C[C@H](O)C(=O)C[C@]5(C)[C@H]4CC(=O)[C@]3(C)[C@H]1[C@@H]2C. The highest BCUT2D eigenvalue weighted by Gasteiger charge is 2.72. The van der Waals surface area contributed by atoms with Gasteiger partial charge in [-0.25, -0.2) is 0 Å². The Morgan fingerprint density at radius 3 is 2.53 bits per heavy atom. The lowest BCUT2D eigenvalue weighted by Gasteiger charge is -2.60. The van der Waals surface area contributed by atoms with Crippen molar-refractivity contribution < 1.29 is 24.2 Å². The van der Waals surface area contributed by atoms with Crippen molar-refractivity contribution in [1.29, 1.82) is 0 Å². The number of Topliss-reactive ketones (excluding diaryl/α,β-unsaturated/α-hetero) is 2. The number of hydrogen-bond acceptors (Lipinski definition) is 5. The summed E-state index contributed by atoms with van der Waals surface area (Å²) < 4.78 is 13.1. The minimum atomic E-state index is -0.802. The molecule has 178 valence electrons. The number of hydrogen-bond donors (Lipinski definition) is 1. The van der Waals surface area contributed by atoms with E-state index in [-0.39, 0.29) is 40.5 Å². The van der Waals surface area contributed by atoms with Crippen molar-refractivity contribution in [2.24, 2.45) is 52.3 Å². The molecule has 6 fully saturated rings. The van der Waals surface area contributed by atoms with Gasteiger partial charge in [-0.3, -0.25) is 9.59 Å². The first-order valence-electron chi connectivity index (χ1n) is 13.2. The molecule has 4 aliphatic carbocycles. The van der Waals surface area contributed by atoms with Crippen LogP contribution in [0.4, 0.5) is 0 Å². The van der Waals surface area contributed by atoms with Gasteiger partial charge in [0.1, 0.15) is 11.9 Å². The summed E-state index contributed by atoms with van der Waals surface area (Å²) in [5, 5.41) is 10.2. The van der Waals surface area contributed by atoms with E-state index in [4.69, 9.17) is 9.47 Å². The Hall–Kier alpha value is -0.780. The largest absolute Gasteiger partial charge is 0.385 e. The summed E-state index contributed by atoms with van der Waals surface area (Å²) in [4.78, 5) is 26.5. The van der Waals surface area contributed by atoms with E-state index in [2.05, 4.69) is 27.7 Å². The van der Waals surface area contributed by atoms with Gasteiger partial charge in [-0.2, -0.15) is 0 Å². The minimum absolute atomic E-state index is 0.0175. The van der Waals surface area contributed by atoms with Crippen molar-refractivity contribution in [3.05, 3.63) is 0 Å². The third-order valence-corrected chi connectivity index (χ3v) is 11.6. The van der Waals surface area contributed by atoms with Crippen molar-refractivity contribution in [2.75, 3.05) is 6.61 Å².